The first kappa shape index (κ1) is 9.66. The highest BCUT2D eigenvalue weighted by molar-refractivity contribution is 5.28. The number of hydrogen-bond acceptors (Lipinski definition) is 0. The van der Waals surface area contributed by atoms with Crippen LogP contribution in [0, 0.1) is 25.1 Å². The Morgan fingerprint density at radius 3 is 2.46 bits per heavy atom. The summed E-state index contributed by atoms with van der Waals surface area (Å²) in [7, 11) is 0. The maximum Gasteiger partial charge on any atom is 0.248 e. The summed E-state index contributed by atoms with van der Waals surface area (Å²) in [6.45, 7) is 9.74. The minimum Gasteiger partial charge on any atom is -0.309 e. The summed E-state index contributed by atoms with van der Waals surface area (Å²) in [5.41, 5.74) is 0.386. The van der Waals surface area contributed by atoms with Crippen LogP contribution in [0.3, 0.4) is 0 Å². The fraction of sp³-hybridized carbons (Fsp3) is 0.300. The SMILES string of the molecule is [C-]#[N+]C(C)c1cc(F)c(C)cc1F. The minimum absolute atomic E-state index is 0.123. The van der Waals surface area contributed by atoms with Crippen molar-refractivity contribution in [3.8, 4) is 0 Å². The highest BCUT2D eigenvalue weighted by Crippen LogP contribution is 2.22. The van der Waals surface area contributed by atoms with E-state index < -0.39 is 17.7 Å². The lowest BCUT2D eigenvalue weighted by molar-refractivity contribution is 0.574. The van der Waals surface area contributed by atoms with E-state index in [1.54, 1.807) is 6.92 Å². The van der Waals surface area contributed by atoms with Crippen molar-refractivity contribution in [2.24, 2.45) is 0 Å². The molecule has 0 saturated carbocycles. The average molecular weight is 181 g/mol. The second-order valence-corrected chi connectivity index (χ2v) is 2.93. The van der Waals surface area contributed by atoms with E-state index in [-0.39, 0.29) is 11.1 Å². The zero-order valence-electron chi connectivity index (χ0n) is 7.44. The van der Waals surface area contributed by atoms with E-state index in [0.29, 0.717) is 0 Å². The molecule has 13 heavy (non-hydrogen) atoms. The Balaban J connectivity index is 3.25. The lowest BCUT2D eigenvalue weighted by Crippen LogP contribution is -1.96. The Hall–Kier alpha value is -1.43. The van der Waals surface area contributed by atoms with Gasteiger partial charge in [0.2, 0.25) is 6.04 Å². The van der Waals surface area contributed by atoms with Crippen LogP contribution in [0.25, 0.3) is 4.85 Å². The van der Waals surface area contributed by atoms with Gasteiger partial charge in [0.05, 0.1) is 5.56 Å². The highest BCUT2D eigenvalue weighted by atomic mass is 19.1. The van der Waals surface area contributed by atoms with Gasteiger partial charge in [-0.05, 0) is 24.6 Å². The van der Waals surface area contributed by atoms with Gasteiger partial charge >= 0.3 is 0 Å². The lowest BCUT2D eigenvalue weighted by atomic mass is 10.1. The molecule has 0 spiro atoms. The largest absolute Gasteiger partial charge is 0.309 e. The first-order valence-corrected chi connectivity index (χ1v) is 3.88. The molecule has 1 rings (SSSR count). The summed E-state index contributed by atoms with van der Waals surface area (Å²) in [6, 6.07) is 1.58. The topological polar surface area (TPSA) is 4.36 Å². The van der Waals surface area contributed by atoms with Gasteiger partial charge in [-0.15, -0.1) is 0 Å². The summed E-state index contributed by atoms with van der Waals surface area (Å²) in [5, 5.41) is 0. The number of aryl methyl sites for hydroxylation is 1. The Labute approximate surface area is 75.8 Å². The number of rotatable bonds is 1. The smallest absolute Gasteiger partial charge is 0.248 e. The molecule has 0 saturated heterocycles. The molecule has 1 aromatic rings. The third-order valence-electron chi connectivity index (χ3n) is 1.92. The predicted molar refractivity (Wildman–Crippen MR) is 46.1 cm³/mol. The van der Waals surface area contributed by atoms with Gasteiger partial charge in [0.25, 0.3) is 0 Å². The van der Waals surface area contributed by atoms with Crippen molar-refractivity contribution >= 4 is 0 Å². The lowest BCUT2D eigenvalue weighted by Gasteiger charge is -2.03. The molecule has 1 atom stereocenters. The van der Waals surface area contributed by atoms with E-state index in [1.807, 2.05) is 0 Å². The van der Waals surface area contributed by atoms with Gasteiger partial charge in [-0.1, -0.05) is 0 Å². The van der Waals surface area contributed by atoms with E-state index >= 15 is 0 Å². The monoisotopic (exact) mass is 181 g/mol. The Bertz CT molecular complexity index is 366. The van der Waals surface area contributed by atoms with Crippen molar-refractivity contribution in [2.45, 2.75) is 19.9 Å². The fourth-order valence-corrected chi connectivity index (χ4v) is 1.05. The Morgan fingerprint density at radius 2 is 1.92 bits per heavy atom. The van der Waals surface area contributed by atoms with E-state index in [4.69, 9.17) is 6.57 Å². The molecule has 1 nitrogen and oxygen atoms in total. The van der Waals surface area contributed by atoms with Crippen LogP contribution in [0.5, 0.6) is 0 Å². The molecule has 0 aliphatic carbocycles. The summed E-state index contributed by atoms with van der Waals surface area (Å²) in [4.78, 5) is 3.13. The van der Waals surface area contributed by atoms with Crippen LogP contribution in [0.1, 0.15) is 24.1 Å². The third-order valence-corrected chi connectivity index (χ3v) is 1.92. The Morgan fingerprint density at radius 1 is 1.31 bits per heavy atom. The molecule has 0 amide bonds. The van der Waals surface area contributed by atoms with Gasteiger partial charge in [0.1, 0.15) is 11.6 Å². The van der Waals surface area contributed by atoms with Crippen molar-refractivity contribution in [3.63, 3.8) is 0 Å². The van der Waals surface area contributed by atoms with E-state index in [9.17, 15) is 8.78 Å². The van der Waals surface area contributed by atoms with Crippen molar-refractivity contribution in [1.29, 1.82) is 0 Å². The van der Waals surface area contributed by atoms with Gasteiger partial charge in [0.15, 0.2) is 0 Å². The second-order valence-electron chi connectivity index (χ2n) is 2.93. The molecule has 1 aromatic carbocycles. The zero-order chi connectivity index (χ0) is 10.0. The molecule has 0 radical (unpaired) electrons. The molecule has 68 valence electrons. The summed E-state index contributed by atoms with van der Waals surface area (Å²) >= 11 is 0. The summed E-state index contributed by atoms with van der Waals surface area (Å²) < 4.78 is 26.1. The van der Waals surface area contributed by atoms with E-state index in [0.717, 1.165) is 12.1 Å². The van der Waals surface area contributed by atoms with Crippen LogP contribution < -0.4 is 0 Å². The second kappa shape index (κ2) is 3.53. The molecule has 1 unspecified atom stereocenters. The fourth-order valence-electron chi connectivity index (χ4n) is 1.05. The van der Waals surface area contributed by atoms with Gasteiger partial charge in [0, 0.05) is 6.92 Å². The molecule has 0 N–H and O–H groups in total. The third kappa shape index (κ3) is 1.83. The molecular formula is C10H9F2N. The van der Waals surface area contributed by atoms with Crippen LogP contribution in [0.2, 0.25) is 0 Å². The van der Waals surface area contributed by atoms with Crippen molar-refractivity contribution in [2.75, 3.05) is 0 Å². The zero-order valence-corrected chi connectivity index (χ0v) is 7.44. The van der Waals surface area contributed by atoms with Gasteiger partial charge in [-0.3, -0.25) is 0 Å². The number of nitrogens with zero attached hydrogens (tertiary/aromatic N) is 1. The van der Waals surface area contributed by atoms with Gasteiger partial charge in [-0.2, -0.15) is 0 Å². The number of hydrogen-bond donors (Lipinski definition) is 0. The van der Waals surface area contributed by atoms with Crippen molar-refractivity contribution < 1.29 is 8.78 Å². The Kier molecular flexibility index (Phi) is 2.62. The van der Waals surface area contributed by atoms with Crippen LogP contribution in [0.4, 0.5) is 8.78 Å². The van der Waals surface area contributed by atoms with E-state index in [1.165, 1.54) is 6.92 Å². The highest BCUT2D eigenvalue weighted by Gasteiger charge is 2.16. The molecular weight excluding hydrogens is 172 g/mol. The van der Waals surface area contributed by atoms with Crippen molar-refractivity contribution in [3.05, 3.63) is 46.3 Å². The van der Waals surface area contributed by atoms with Crippen LogP contribution in [0.15, 0.2) is 12.1 Å². The maximum atomic E-state index is 13.2. The quantitative estimate of drug-likeness (QED) is 0.586. The maximum absolute atomic E-state index is 13.2. The molecule has 0 fully saturated rings. The molecule has 3 heteroatoms. The first-order chi connectivity index (χ1) is 6.06. The summed E-state index contributed by atoms with van der Waals surface area (Å²) in [5.74, 6) is -0.977. The molecule has 0 heterocycles. The van der Waals surface area contributed by atoms with Gasteiger partial charge in [-0.25, -0.2) is 15.4 Å². The normalized spacial score (nSPS) is 12.2. The molecule has 0 aromatic heterocycles. The average Bonchev–Trinajstić information content (AvgIpc) is 2.10. The van der Waals surface area contributed by atoms with Crippen LogP contribution >= 0.6 is 0 Å². The van der Waals surface area contributed by atoms with E-state index in [2.05, 4.69) is 4.85 Å². The van der Waals surface area contributed by atoms with Gasteiger partial charge < -0.3 is 4.85 Å². The number of halogens is 2. The molecule has 0 aliphatic rings. The minimum atomic E-state index is -0.630. The predicted octanol–water partition coefficient (Wildman–Crippen LogP) is 3.25. The summed E-state index contributed by atoms with van der Waals surface area (Å²) in [6.07, 6.45) is 0. The molecule has 0 aliphatic heterocycles. The molecule has 0 bridgehead atoms. The van der Waals surface area contributed by atoms with Crippen LogP contribution in [-0.2, 0) is 0 Å². The van der Waals surface area contributed by atoms with Crippen LogP contribution in [-0.4, -0.2) is 0 Å². The number of benzene rings is 1. The first-order valence-electron chi connectivity index (χ1n) is 3.88. The van der Waals surface area contributed by atoms with Crippen molar-refractivity contribution in [1.82, 2.24) is 0 Å². The standard InChI is InChI=1S/C10H9F2N/c1-6-4-10(12)8(5-9(6)11)7(2)13-3/h4-5,7H,1-2H3.